The van der Waals surface area contributed by atoms with Crippen LogP contribution in [-0.2, 0) is 11.9 Å². The van der Waals surface area contributed by atoms with Gasteiger partial charge in [-0.05, 0) is 0 Å². The summed E-state index contributed by atoms with van der Waals surface area (Å²) in [4.78, 5) is 0. The topological polar surface area (TPSA) is 0 Å². The summed E-state index contributed by atoms with van der Waals surface area (Å²) in [5.41, 5.74) is 0. The zero-order valence-corrected chi connectivity index (χ0v) is 7.88. The molecule has 0 nitrogen and oxygen atoms in total. The molecule has 0 spiro atoms. The molecule has 0 fully saturated rings. The first-order chi connectivity index (χ1) is 2.00. The van der Waals surface area contributed by atoms with Crippen molar-refractivity contribution < 1.29 is 11.9 Å². The first-order valence-electron chi connectivity index (χ1n) is 0.617. The zero-order valence-electron chi connectivity index (χ0n) is 1.92. The van der Waals surface area contributed by atoms with Crippen molar-refractivity contribution in [2.45, 2.75) is 0 Å². The van der Waals surface area contributed by atoms with Gasteiger partial charge in [0.1, 0.15) is 0 Å². The zero-order chi connectivity index (χ0) is 4.50. The summed E-state index contributed by atoms with van der Waals surface area (Å²) < 4.78 is 0. The van der Waals surface area contributed by atoms with Crippen molar-refractivity contribution in [1.29, 1.82) is 0 Å². The van der Waals surface area contributed by atoms with Crippen LogP contribution in [-0.4, -0.2) is 0 Å². The molecule has 0 bridgehead atoms. The van der Waals surface area contributed by atoms with Crippen LogP contribution in [0, 0.1) is 0 Å². The van der Waals surface area contributed by atoms with E-state index in [1.807, 2.05) is 0 Å². The van der Waals surface area contributed by atoms with E-state index in [0.717, 1.165) is 0 Å². The molecular weight excluding hydrogens is 326 g/mol. The molecule has 0 aliphatic carbocycles. The Kier molecular flexibility index (Phi) is 3.06. The van der Waals surface area contributed by atoms with Crippen molar-refractivity contribution in [3.05, 3.63) is 0 Å². The molecule has 0 aromatic heterocycles. The molecule has 0 aliphatic rings. The monoisotopic (exact) mass is 324 g/mol. The number of hydrogen-bond acceptors (Lipinski definition) is 0. The summed E-state index contributed by atoms with van der Waals surface area (Å²) >= 11 is -3.28. The third-order valence-corrected chi connectivity index (χ3v) is 0. The van der Waals surface area contributed by atoms with Gasteiger partial charge in [0.15, 0.2) is 0 Å². The van der Waals surface area contributed by atoms with Gasteiger partial charge in [-0.2, -0.15) is 0 Å². The summed E-state index contributed by atoms with van der Waals surface area (Å²) in [6.07, 6.45) is 0. The molecule has 0 N–H and O–H groups in total. The van der Waals surface area contributed by atoms with Crippen LogP contribution < -0.4 is 0 Å². The standard InChI is InChI=1S/4ClH.W/h4*1H;/q;;;;+4/p-4. The minimum absolute atomic E-state index is 3.28. The van der Waals surface area contributed by atoms with Gasteiger partial charge in [0.2, 0.25) is 0 Å². The quantitative estimate of drug-likeness (QED) is 0.642. The van der Waals surface area contributed by atoms with E-state index >= 15 is 0 Å². The third-order valence-electron chi connectivity index (χ3n) is 0. The Hall–Kier alpha value is 1.85. The first-order valence-corrected chi connectivity index (χ1v) is 15.2. The van der Waals surface area contributed by atoms with Gasteiger partial charge >= 0.3 is 49.6 Å². The predicted molar refractivity (Wildman–Crippen MR) is 23.4 cm³/mol. The number of hydrogen-bond donors (Lipinski definition) is 0. The van der Waals surface area contributed by atoms with Gasteiger partial charge in [0.25, 0.3) is 0 Å². The van der Waals surface area contributed by atoms with Gasteiger partial charge in [-0.25, -0.2) is 0 Å². The Labute approximate surface area is 49.2 Å². The van der Waals surface area contributed by atoms with Gasteiger partial charge in [-0.1, -0.05) is 0 Å². The summed E-state index contributed by atoms with van der Waals surface area (Å²) in [6.45, 7) is 0. The maximum absolute atomic E-state index is 5.03. The van der Waals surface area contributed by atoms with Gasteiger partial charge in [-0.3, -0.25) is 0 Å². The van der Waals surface area contributed by atoms with Gasteiger partial charge in [0.05, 0.1) is 0 Å². The molecule has 34 valence electrons. The molecule has 0 unspecified atom stereocenters. The Bertz CT molecular complexity index is 19.1. The van der Waals surface area contributed by atoms with Crippen LogP contribution in [0.15, 0.2) is 0 Å². The average Bonchev–Trinajstić information content (AvgIpc) is 0.722. The van der Waals surface area contributed by atoms with Crippen molar-refractivity contribution in [3.63, 3.8) is 0 Å². The van der Waals surface area contributed by atoms with E-state index in [1.54, 1.807) is 0 Å². The molecule has 0 saturated heterocycles. The third kappa shape index (κ3) is 25.4. The summed E-state index contributed by atoms with van der Waals surface area (Å²) in [7, 11) is 20.1. The van der Waals surface area contributed by atoms with E-state index in [2.05, 4.69) is 0 Å². The van der Waals surface area contributed by atoms with Gasteiger partial charge in [-0.15, -0.1) is 0 Å². The van der Waals surface area contributed by atoms with Crippen LogP contribution >= 0.6 is 37.7 Å². The van der Waals surface area contributed by atoms with Crippen LogP contribution in [0.4, 0.5) is 0 Å². The summed E-state index contributed by atoms with van der Waals surface area (Å²) in [6, 6.07) is 0. The predicted octanol–water partition coefficient (Wildman–Crippen LogP) is 2.76. The Balaban J connectivity index is 3.02. The molecule has 0 amide bonds. The molecule has 0 atom stereocenters. The molecule has 0 saturated carbocycles. The van der Waals surface area contributed by atoms with E-state index in [4.69, 9.17) is 37.7 Å². The second-order valence-electron chi connectivity index (χ2n) is 0.350. The van der Waals surface area contributed by atoms with Crippen molar-refractivity contribution in [2.75, 3.05) is 0 Å². The van der Waals surface area contributed by atoms with Crippen molar-refractivity contribution >= 4 is 37.7 Å². The fourth-order valence-electron chi connectivity index (χ4n) is 0. The van der Waals surface area contributed by atoms with E-state index in [1.165, 1.54) is 0 Å². The van der Waals surface area contributed by atoms with E-state index in [9.17, 15) is 0 Å². The molecule has 0 aliphatic heterocycles. The molecule has 0 rings (SSSR count). The van der Waals surface area contributed by atoms with Crippen LogP contribution in [0.5, 0.6) is 0 Å². The fourth-order valence-corrected chi connectivity index (χ4v) is 0. The summed E-state index contributed by atoms with van der Waals surface area (Å²) in [5, 5.41) is 0. The Morgan fingerprint density at radius 3 is 0.800 bits per heavy atom. The van der Waals surface area contributed by atoms with Crippen molar-refractivity contribution in [1.82, 2.24) is 0 Å². The second-order valence-corrected chi connectivity index (χ2v) is 25.8. The van der Waals surface area contributed by atoms with Crippen LogP contribution in [0.25, 0.3) is 0 Å². The maximum atomic E-state index is 5.03. The van der Waals surface area contributed by atoms with E-state index < -0.39 is 11.9 Å². The molecule has 5 heavy (non-hydrogen) atoms. The van der Waals surface area contributed by atoms with E-state index in [0.29, 0.717) is 0 Å². The van der Waals surface area contributed by atoms with Gasteiger partial charge in [0, 0.05) is 0 Å². The molecule has 5 heteroatoms. The summed E-state index contributed by atoms with van der Waals surface area (Å²) in [5.74, 6) is 0. The van der Waals surface area contributed by atoms with Crippen LogP contribution in [0.1, 0.15) is 0 Å². The van der Waals surface area contributed by atoms with Crippen molar-refractivity contribution in [2.24, 2.45) is 0 Å². The van der Waals surface area contributed by atoms with Gasteiger partial charge < -0.3 is 0 Å². The van der Waals surface area contributed by atoms with E-state index in [-0.39, 0.29) is 0 Å². The second kappa shape index (κ2) is 2.23. The van der Waals surface area contributed by atoms with Crippen molar-refractivity contribution in [3.8, 4) is 0 Å². The fraction of sp³-hybridized carbons (Fsp3) is 0. The first kappa shape index (κ1) is 6.85. The average molecular weight is 326 g/mol. The normalized spacial score (nSPS) is 15.2. The number of halogens is 4. The molecule has 0 aromatic carbocycles. The Morgan fingerprint density at radius 2 is 0.800 bits per heavy atom. The van der Waals surface area contributed by atoms with Crippen LogP contribution in [0.3, 0.4) is 0 Å². The SMILES string of the molecule is [Cl][W]([Cl])([Cl])[Cl]. The van der Waals surface area contributed by atoms with Crippen LogP contribution in [0.2, 0.25) is 0 Å². The minimum atomic E-state index is -3.28. The molecule has 0 radical (unpaired) electrons. The Morgan fingerprint density at radius 1 is 0.800 bits per heavy atom. The molecule has 0 aromatic rings. The molecular formula is Cl4W. The number of rotatable bonds is 0. The molecule has 0 heterocycles.